The minimum Gasteiger partial charge on any atom is -0.508 e. The predicted octanol–water partition coefficient (Wildman–Crippen LogP) is 4.41. The molecule has 6 heteroatoms. The molecule has 0 radical (unpaired) electrons. The molecule has 3 aromatic rings. The minimum atomic E-state index is -0.377. The van der Waals surface area contributed by atoms with Crippen LogP contribution in [0.1, 0.15) is 45.7 Å². The molecule has 3 aromatic carbocycles. The van der Waals surface area contributed by atoms with E-state index in [-0.39, 0.29) is 23.9 Å². The maximum atomic E-state index is 11.8. The Labute approximate surface area is 181 Å². The van der Waals surface area contributed by atoms with Crippen LogP contribution in [0.4, 0.5) is 0 Å². The molecule has 1 heterocycles. The quantitative estimate of drug-likeness (QED) is 0.602. The maximum Gasteiger partial charge on any atom is 0.337 e. The molecular weight excluding hydrogens is 392 g/mol. The van der Waals surface area contributed by atoms with Crippen molar-refractivity contribution in [2.75, 3.05) is 14.2 Å². The van der Waals surface area contributed by atoms with E-state index >= 15 is 0 Å². The van der Waals surface area contributed by atoms with Crippen LogP contribution >= 0.6 is 0 Å². The number of aromatic hydroxyl groups is 1. The second-order valence-electron chi connectivity index (χ2n) is 7.30. The van der Waals surface area contributed by atoms with Crippen molar-refractivity contribution in [1.82, 2.24) is 5.32 Å². The van der Waals surface area contributed by atoms with Crippen LogP contribution in [-0.4, -0.2) is 31.0 Å². The van der Waals surface area contributed by atoms with Crippen molar-refractivity contribution >= 4 is 11.7 Å². The Hall–Kier alpha value is -3.64. The smallest absolute Gasteiger partial charge is 0.337 e. The molecule has 0 saturated carbocycles. The number of carbonyl (C=O) groups is 1. The number of phenolic OH excluding ortho intramolecular Hbond substituents is 1. The van der Waals surface area contributed by atoms with Gasteiger partial charge >= 0.3 is 5.97 Å². The van der Waals surface area contributed by atoms with E-state index < -0.39 is 0 Å². The summed E-state index contributed by atoms with van der Waals surface area (Å²) in [7, 11) is 3.00. The van der Waals surface area contributed by atoms with E-state index in [4.69, 9.17) is 14.5 Å². The molecule has 1 aliphatic rings. The second kappa shape index (κ2) is 9.02. The fourth-order valence-electron chi connectivity index (χ4n) is 3.74. The van der Waals surface area contributed by atoms with Crippen molar-refractivity contribution < 1.29 is 19.4 Å². The lowest BCUT2D eigenvalue weighted by Gasteiger charge is -2.31. The number of nitrogens with one attached hydrogen (secondary N) is 1. The van der Waals surface area contributed by atoms with Crippen molar-refractivity contribution in [3.63, 3.8) is 0 Å². The van der Waals surface area contributed by atoms with Crippen LogP contribution in [0.5, 0.6) is 11.5 Å². The number of carbonyl (C=O) groups excluding carboxylic acids is 1. The summed E-state index contributed by atoms with van der Waals surface area (Å²) in [5.74, 6) is 0.652. The van der Waals surface area contributed by atoms with Gasteiger partial charge in [-0.1, -0.05) is 30.3 Å². The van der Waals surface area contributed by atoms with Crippen molar-refractivity contribution in [3.05, 3.63) is 95.1 Å². The number of hydrogen-bond donors (Lipinski definition) is 2. The van der Waals surface area contributed by atoms with E-state index in [1.807, 2.05) is 54.6 Å². The third kappa shape index (κ3) is 4.44. The van der Waals surface area contributed by atoms with Gasteiger partial charge in [-0.3, -0.25) is 10.3 Å². The largest absolute Gasteiger partial charge is 0.508 e. The van der Waals surface area contributed by atoms with Gasteiger partial charge in [-0.15, -0.1) is 0 Å². The topological polar surface area (TPSA) is 80.2 Å². The Bertz CT molecular complexity index is 1090. The third-order valence-corrected chi connectivity index (χ3v) is 5.42. The summed E-state index contributed by atoms with van der Waals surface area (Å²) in [5, 5.41) is 13.9. The van der Waals surface area contributed by atoms with Gasteiger partial charge < -0.3 is 14.6 Å². The lowest BCUT2D eigenvalue weighted by atomic mass is 9.93. The number of esters is 1. The molecule has 0 saturated heterocycles. The first kappa shape index (κ1) is 20.6. The number of benzene rings is 3. The van der Waals surface area contributed by atoms with E-state index in [0.717, 1.165) is 28.2 Å². The Balaban J connectivity index is 1.71. The summed E-state index contributed by atoms with van der Waals surface area (Å²) in [4.78, 5) is 16.7. The van der Waals surface area contributed by atoms with Gasteiger partial charge in [0.2, 0.25) is 0 Å². The van der Waals surface area contributed by atoms with Crippen LogP contribution in [-0.2, 0) is 4.74 Å². The first-order valence-electron chi connectivity index (χ1n) is 10.0. The van der Waals surface area contributed by atoms with E-state index in [2.05, 4.69) is 5.32 Å². The lowest BCUT2D eigenvalue weighted by molar-refractivity contribution is 0.0600. The second-order valence-corrected chi connectivity index (χ2v) is 7.30. The summed E-state index contributed by atoms with van der Waals surface area (Å²) >= 11 is 0. The van der Waals surface area contributed by atoms with E-state index in [1.54, 1.807) is 25.3 Å². The van der Waals surface area contributed by atoms with Gasteiger partial charge in [0.05, 0.1) is 19.8 Å². The van der Waals surface area contributed by atoms with Gasteiger partial charge in [-0.05, 0) is 53.6 Å². The molecule has 0 amide bonds. The Morgan fingerprint density at radius 3 is 2.35 bits per heavy atom. The molecule has 6 nitrogen and oxygen atoms in total. The average molecular weight is 416 g/mol. The van der Waals surface area contributed by atoms with Crippen LogP contribution in [0.15, 0.2) is 77.8 Å². The Morgan fingerprint density at radius 1 is 1.00 bits per heavy atom. The zero-order valence-electron chi connectivity index (χ0n) is 17.4. The molecular formula is C25H24N2O4. The van der Waals surface area contributed by atoms with Crippen molar-refractivity contribution in [3.8, 4) is 11.5 Å². The monoisotopic (exact) mass is 416 g/mol. The van der Waals surface area contributed by atoms with Crippen LogP contribution in [0.2, 0.25) is 0 Å². The van der Waals surface area contributed by atoms with Crippen molar-refractivity contribution in [2.24, 2.45) is 4.99 Å². The van der Waals surface area contributed by atoms with E-state index in [1.165, 1.54) is 7.11 Å². The van der Waals surface area contributed by atoms with Gasteiger partial charge in [0.1, 0.15) is 17.7 Å². The number of hydrogen-bond acceptors (Lipinski definition) is 6. The number of nitrogens with zero attached hydrogens (tertiary/aromatic N) is 1. The zero-order chi connectivity index (χ0) is 21.8. The van der Waals surface area contributed by atoms with Crippen LogP contribution < -0.4 is 10.1 Å². The Morgan fingerprint density at radius 2 is 1.71 bits per heavy atom. The highest BCUT2D eigenvalue weighted by atomic mass is 16.5. The fraction of sp³-hybridized carbons (Fsp3) is 0.200. The molecule has 0 spiro atoms. The molecule has 2 N–H and O–H groups in total. The maximum absolute atomic E-state index is 11.8. The number of methoxy groups -OCH3 is 2. The molecule has 158 valence electrons. The number of rotatable bonds is 5. The lowest BCUT2D eigenvalue weighted by Crippen LogP contribution is -2.33. The standard InChI is InChI=1S/C25H24N2O4/c1-30-19-13-11-16(12-14-19)21-15-22(20-5-3-4-6-23(20)28)27-24(26-21)17-7-9-18(10-8-17)25(29)31-2/h3-14,22,24,27-28H,15H2,1-2H3/t22-,24+/m1/s1. The summed E-state index contributed by atoms with van der Waals surface area (Å²) in [6.45, 7) is 0. The van der Waals surface area contributed by atoms with Crippen molar-refractivity contribution in [1.29, 1.82) is 0 Å². The number of phenols is 1. The highest BCUT2D eigenvalue weighted by Crippen LogP contribution is 2.34. The molecule has 0 unspecified atom stereocenters. The van der Waals surface area contributed by atoms with Crippen molar-refractivity contribution in [2.45, 2.75) is 18.6 Å². The SMILES string of the molecule is COC(=O)c1ccc([C@H]2N=C(c3ccc(OC)cc3)C[C@H](c3ccccc3O)N2)cc1. The fourth-order valence-corrected chi connectivity index (χ4v) is 3.74. The summed E-state index contributed by atoms with van der Waals surface area (Å²) < 4.78 is 10.1. The first-order valence-corrected chi connectivity index (χ1v) is 10.0. The summed E-state index contributed by atoms with van der Waals surface area (Å²) in [6.07, 6.45) is 0.294. The molecule has 0 fully saturated rings. The highest BCUT2D eigenvalue weighted by Gasteiger charge is 2.27. The van der Waals surface area contributed by atoms with Crippen LogP contribution in [0.3, 0.4) is 0 Å². The van der Waals surface area contributed by atoms with E-state index in [9.17, 15) is 9.90 Å². The normalized spacial score (nSPS) is 18.2. The van der Waals surface area contributed by atoms with Gasteiger partial charge in [0.25, 0.3) is 0 Å². The molecule has 31 heavy (non-hydrogen) atoms. The number of ether oxygens (including phenoxy) is 2. The molecule has 2 atom stereocenters. The minimum absolute atomic E-state index is 0.124. The van der Waals surface area contributed by atoms with Gasteiger partial charge in [0, 0.05) is 23.7 Å². The zero-order valence-corrected chi connectivity index (χ0v) is 17.4. The van der Waals surface area contributed by atoms with Gasteiger partial charge in [-0.2, -0.15) is 0 Å². The van der Waals surface area contributed by atoms with Gasteiger partial charge in [0.15, 0.2) is 0 Å². The third-order valence-electron chi connectivity index (χ3n) is 5.42. The summed E-state index contributed by atoms with van der Waals surface area (Å²) in [6, 6.07) is 22.2. The molecule has 0 aliphatic carbocycles. The molecule has 4 rings (SSSR count). The number of para-hydroxylation sites is 1. The predicted molar refractivity (Wildman–Crippen MR) is 119 cm³/mol. The highest BCUT2D eigenvalue weighted by molar-refractivity contribution is 6.01. The average Bonchev–Trinajstić information content (AvgIpc) is 2.83. The molecule has 0 bridgehead atoms. The molecule has 0 aromatic heterocycles. The van der Waals surface area contributed by atoms with Gasteiger partial charge in [-0.25, -0.2) is 4.79 Å². The summed E-state index contributed by atoms with van der Waals surface area (Å²) in [5.41, 5.74) is 4.15. The molecule has 1 aliphatic heterocycles. The first-order chi connectivity index (χ1) is 15.1. The van der Waals surface area contributed by atoms with Crippen LogP contribution in [0, 0.1) is 0 Å². The van der Waals surface area contributed by atoms with Crippen LogP contribution in [0.25, 0.3) is 0 Å². The number of aliphatic imine (C=N–C) groups is 1. The Kier molecular flexibility index (Phi) is 6.00. The van der Waals surface area contributed by atoms with E-state index in [0.29, 0.717) is 12.0 Å².